The zero-order chi connectivity index (χ0) is 17.3. The Morgan fingerprint density at radius 3 is 2.50 bits per heavy atom. The highest BCUT2D eigenvalue weighted by Gasteiger charge is 2.31. The Hall–Kier alpha value is -2.01. The van der Waals surface area contributed by atoms with Crippen molar-refractivity contribution in [2.24, 2.45) is 0 Å². The minimum Gasteiger partial charge on any atom is -0.443 e. The number of nitrogens with one attached hydrogen (secondary N) is 1. The van der Waals surface area contributed by atoms with Crippen molar-refractivity contribution in [2.45, 2.75) is 32.4 Å². The Balaban J connectivity index is 1.92. The number of nitrogens with zero attached hydrogens (tertiary/aromatic N) is 1. The van der Waals surface area contributed by atoms with E-state index in [4.69, 9.17) is 4.74 Å². The Labute approximate surface area is 150 Å². The zero-order valence-corrected chi connectivity index (χ0v) is 15.6. The van der Waals surface area contributed by atoms with Crippen molar-refractivity contribution in [3.8, 4) is 0 Å². The molecule has 24 heavy (non-hydrogen) atoms. The molecule has 0 saturated carbocycles. The first-order chi connectivity index (χ1) is 11.3. The van der Waals surface area contributed by atoms with E-state index in [9.17, 15) is 4.79 Å². The number of fused-ring (bicyclic) bond motifs is 1. The SMILES string of the molecule is CC(C)(C)OC(=O)N1C[C@H](c2ccc(Br)cc2)Nc2ccccc21. The number of benzene rings is 2. The molecule has 1 aliphatic rings. The average Bonchev–Trinajstić information content (AvgIpc) is 2.53. The molecule has 1 atom stereocenters. The summed E-state index contributed by atoms with van der Waals surface area (Å²) in [5.41, 5.74) is 2.38. The number of halogens is 1. The van der Waals surface area contributed by atoms with Gasteiger partial charge in [0.1, 0.15) is 5.60 Å². The van der Waals surface area contributed by atoms with Crippen molar-refractivity contribution < 1.29 is 9.53 Å². The molecule has 1 heterocycles. The van der Waals surface area contributed by atoms with E-state index >= 15 is 0 Å². The van der Waals surface area contributed by atoms with Crippen LogP contribution in [-0.4, -0.2) is 18.2 Å². The number of ether oxygens (including phenoxy) is 1. The fraction of sp³-hybridized carbons (Fsp3) is 0.316. The zero-order valence-electron chi connectivity index (χ0n) is 14.0. The maximum atomic E-state index is 12.7. The summed E-state index contributed by atoms with van der Waals surface area (Å²) >= 11 is 3.46. The molecule has 0 radical (unpaired) electrons. The van der Waals surface area contributed by atoms with Crippen LogP contribution >= 0.6 is 15.9 Å². The predicted octanol–water partition coefficient (Wildman–Crippen LogP) is 5.36. The largest absolute Gasteiger partial charge is 0.443 e. The summed E-state index contributed by atoms with van der Waals surface area (Å²) in [7, 11) is 0. The lowest BCUT2D eigenvalue weighted by atomic mass is 10.0. The molecule has 0 unspecified atom stereocenters. The highest BCUT2D eigenvalue weighted by Crippen LogP contribution is 2.36. The molecule has 0 aliphatic carbocycles. The maximum absolute atomic E-state index is 12.7. The van der Waals surface area contributed by atoms with E-state index < -0.39 is 5.60 Å². The fourth-order valence-corrected chi connectivity index (χ4v) is 2.98. The monoisotopic (exact) mass is 388 g/mol. The van der Waals surface area contributed by atoms with Gasteiger partial charge in [0.15, 0.2) is 0 Å². The number of hydrogen-bond donors (Lipinski definition) is 1. The van der Waals surface area contributed by atoms with Crippen molar-refractivity contribution in [2.75, 3.05) is 16.8 Å². The van der Waals surface area contributed by atoms with Crippen LogP contribution in [0.1, 0.15) is 32.4 Å². The van der Waals surface area contributed by atoms with Crippen molar-refractivity contribution in [3.05, 3.63) is 58.6 Å². The van der Waals surface area contributed by atoms with Gasteiger partial charge in [-0.3, -0.25) is 4.90 Å². The molecule has 4 nitrogen and oxygen atoms in total. The van der Waals surface area contributed by atoms with Gasteiger partial charge in [-0.25, -0.2) is 4.79 Å². The van der Waals surface area contributed by atoms with E-state index in [2.05, 4.69) is 33.4 Å². The van der Waals surface area contributed by atoms with Crippen LogP contribution in [0.3, 0.4) is 0 Å². The lowest BCUT2D eigenvalue weighted by Crippen LogP contribution is -2.43. The Morgan fingerprint density at radius 2 is 1.83 bits per heavy atom. The number of anilines is 2. The van der Waals surface area contributed by atoms with Gasteiger partial charge >= 0.3 is 6.09 Å². The number of rotatable bonds is 1. The standard InChI is InChI=1S/C19H21BrN2O2/c1-19(2,3)24-18(23)22-12-16(13-8-10-14(20)11-9-13)21-15-6-4-5-7-17(15)22/h4-11,16,21H,12H2,1-3H3/t16-/m1/s1. The first kappa shape index (κ1) is 16.8. The third kappa shape index (κ3) is 3.73. The van der Waals surface area contributed by atoms with E-state index in [1.54, 1.807) is 4.90 Å². The van der Waals surface area contributed by atoms with Crippen molar-refractivity contribution in [1.82, 2.24) is 0 Å². The van der Waals surface area contributed by atoms with E-state index in [1.807, 2.05) is 57.2 Å². The van der Waals surface area contributed by atoms with E-state index in [0.717, 1.165) is 21.4 Å². The van der Waals surface area contributed by atoms with Gasteiger partial charge in [-0.05, 0) is 50.6 Å². The first-order valence-electron chi connectivity index (χ1n) is 7.95. The predicted molar refractivity (Wildman–Crippen MR) is 101 cm³/mol. The third-order valence-electron chi connectivity index (χ3n) is 3.78. The summed E-state index contributed by atoms with van der Waals surface area (Å²) in [5.74, 6) is 0. The Morgan fingerprint density at radius 1 is 1.17 bits per heavy atom. The van der Waals surface area contributed by atoms with Crippen LogP contribution in [0.2, 0.25) is 0 Å². The number of carbonyl (C=O) groups is 1. The van der Waals surface area contributed by atoms with E-state index in [-0.39, 0.29) is 12.1 Å². The van der Waals surface area contributed by atoms with Crippen LogP contribution in [0.4, 0.5) is 16.2 Å². The molecule has 1 N–H and O–H groups in total. The highest BCUT2D eigenvalue weighted by atomic mass is 79.9. The van der Waals surface area contributed by atoms with Crippen LogP contribution in [0.15, 0.2) is 53.0 Å². The van der Waals surface area contributed by atoms with Gasteiger partial charge in [0, 0.05) is 4.47 Å². The molecule has 0 fully saturated rings. The molecule has 0 aromatic heterocycles. The average molecular weight is 389 g/mol. The normalized spacial score (nSPS) is 17.0. The number of carbonyl (C=O) groups excluding carboxylic acids is 1. The molecule has 0 saturated heterocycles. The van der Waals surface area contributed by atoms with E-state index in [0.29, 0.717) is 6.54 Å². The molecule has 3 rings (SSSR count). The molecular formula is C19H21BrN2O2. The second-order valence-electron chi connectivity index (χ2n) is 6.86. The summed E-state index contributed by atoms with van der Waals surface area (Å²) in [5, 5.41) is 3.52. The number of para-hydroxylation sites is 2. The van der Waals surface area contributed by atoms with Crippen LogP contribution in [-0.2, 0) is 4.74 Å². The van der Waals surface area contributed by atoms with Crippen molar-refractivity contribution in [3.63, 3.8) is 0 Å². The lowest BCUT2D eigenvalue weighted by molar-refractivity contribution is 0.0577. The van der Waals surface area contributed by atoms with Crippen molar-refractivity contribution in [1.29, 1.82) is 0 Å². The van der Waals surface area contributed by atoms with Crippen LogP contribution in [0.5, 0.6) is 0 Å². The quantitative estimate of drug-likeness (QED) is 0.714. The third-order valence-corrected chi connectivity index (χ3v) is 4.30. The summed E-state index contributed by atoms with van der Waals surface area (Å²) in [6.45, 7) is 6.16. The van der Waals surface area contributed by atoms with Gasteiger partial charge in [0.2, 0.25) is 0 Å². The molecule has 0 bridgehead atoms. The highest BCUT2D eigenvalue weighted by molar-refractivity contribution is 9.10. The molecule has 0 spiro atoms. The number of hydrogen-bond acceptors (Lipinski definition) is 3. The summed E-state index contributed by atoms with van der Waals surface area (Å²) in [4.78, 5) is 14.4. The van der Waals surface area contributed by atoms with Crippen LogP contribution in [0.25, 0.3) is 0 Å². The Bertz CT molecular complexity index is 738. The molecule has 2 aromatic carbocycles. The molecule has 1 aliphatic heterocycles. The van der Waals surface area contributed by atoms with E-state index in [1.165, 1.54) is 0 Å². The van der Waals surface area contributed by atoms with Crippen LogP contribution < -0.4 is 10.2 Å². The van der Waals surface area contributed by atoms with Crippen molar-refractivity contribution >= 4 is 33.4 Å². The van der Waals surface area contributed by atoms with Gasteiger partial charge in [0.25, 0.3) is 0 Å². The Kier molecular flexibility index (Phi) is 4.54. The summed E-state index contributed by atoms with van der Waals surface area (Å²) < 4.78 is 6.62. The first-order valence-corrected chi connectivity index (χ1v) is 8.74. The summed E-state index contributed by atoms with van der Waals surface area (Å²) in [6.07, 6.45) is -0.321. The molecule has 126 valence electrons. The smallest absolute Gasteiger partial charge is 0.414 e. The van der Waals surface area contributed by atoms with Gasteiger partial charge in [-0.2, -0.15) is 0 Å². The number of amides is 1. The second-order valence-corrected chi connectivity index (χ2v) is 7.77. The molecular weight excluding hydrogens is 368 g/mol. The van der Waals surface area contributed by atoms with Crippen LogP contribution in [0, 0.1) is 0 Å². The summed E-state index contributed by atoms with van der Waals surface area (Å²) in [6, 6.07) is 16.0. The molecule has 2 aromatic rings. The second kappa shape index (κ2) is 6.48. The minimum atomic E-state index is -0.524. The molecule has 5 heteroatoms. The van der Waals surface area contributed by atoms with Gasteiger partial charge < -0.3 is 10.1 Å². The van der Waals surface area contributed by atoms with Gasteiger partial charge in [0.05, 0.1) is 24.0 Å². The lowest BCUT2D eigenvalue weighted by Gasteiger charge is -2.36. The fourth-order valence-electron chi connectivity index (χ4n) is 2.72. The van der Waals surface area contributed by atoms with Gasteiger partial charge in [-0.1, -0.05) is 40.2 Å². The van der Waals surface area contributed by atoms with Gasteiger partial charge in [-0.15, -0.1) is 0 Å². The topological polar surface area (TPSA) is 41.6 Å². The molecule has 1 amide bonds. The minimum absolute atomic E-state index is 0.0144. The maximum Gasteiger partial charge on any atom is 0.414 e.